The lowest BCUT2D eigenvalue weighted by Crippen LogP contribution is -2.16. The molecule has 0 N–H and O–H groups in total. The lowest BCUT2D eigenvalue weighted by Gasteiger charge is -2.16. The fraction of sp³-hybridized carbons (Fsp3) is 0.267. The van der Waals surface area contributed by atoms with Crippen molar-refractivity contribution in [3.05, 3.63) is 54.1 Å². The molecule has 0 fully saturated rings. The molecule has 2 heterocycles. The van der Waals surface area contributed by atoms with E-state index in [-0.39, 0.29) is 0 Å². The van der Waals surface area contributed by atoms with Crippen molar-refractivity contribution in [3.8, 4) is 0 Å². The lowest BCUT2D eigenvalue weighted by atomic mass is 10.1. The summed E-state index contributed by atoms with van der Waals surface area (Å²) in [6.07, 6.45) is 10.4. The van der Waals surface area contributed by atoms with Crippen LogP contribution in [0.4, 0.5) is 8.63 Å². The van der Waals surface area contributed by atoms with Gasteiger partial charge in [0.05, 0.1) is 5.70 Å². The Hall–Kier alpha value is -2.11. The summed E-state index contributed by atoms with van der Waals surface area (Å²) in [6, 6.07) is 3.30. The Morgan fingerprint density at radius 2 is 2.14 bits per heavy atom. The molecule has 0 radical (unpaired) electrons. The van der Waals surface area contributed by atoms with Crippen molar-refractivity contribution in [1.82, 2.24) is 9.38 Å². The van der Waals surface area contributed by atoms with Crippen LogP contribution in [0, 0.1) is 0 Å². The summed E-state index contributed by atoms with van der Waals surface area (Å²) in [7, 11) is -2.57. The Labute approximate surface area is 124 Å². The Balaban J connectivity index is 2.43. The van der Waals surface area contributed by atoms with Crippen LogP contribution in [-0.2, 0) is 0 Å². The molecular weight excluding hydrogens is 271 g/mol. The Bertz CT molecular complexity index is 582. The van der Waals surface area contributed by atoms with Gasteiger partial charge in [-0.15, -0.1) is 0 Å². The summed E-state index contributed by atoms with van der Waals surface area (Å²) in [5.74, 6) is 0. The Morgan fingerprint density at radius 1 is 1.38 bits per heavy atom. The van der Waals surface area contributed by atoms with Crippen LogP contribution in [0.3, 0.4) is 0 Å². The predicted molar refractivity (Wildman–Crippen MR) is 84.4 cm³/mol. The van der Waals surface area contributed by atoms with Gasteiger partial charge in [-0.05, 0) is 56.6 Å². The number of hydrogen-bond acceptors (Lipinski definition) is 2. The minimum absolute atomic E-state index is 0.465. The molecule has 0 aromatic carbocycles. The van der Waals surface area contributed by atoms with Gasteiger partial charge in [0.25, 0.3) is 0 Å². The number of rotatable bonds is 6. The Morgan fingerprint density at radius 3 is 2.71 bits per heavy atom. The zero-order valence-electron chi connectivity index (χ0n) is 12.2. The van der Waals surface area contributed by atoms with Crippen LogP contribution < -0.4 is 0 Å². The molecule has 21 heavy (non-hydrogen) atoms. The van der Waals surface area contributed by atoms with Gasteiger partial charge in [-0.3, -0.25) is 13.6 Å². The summed E-state index contributed by atoms with van der Waals surface area (Å²) in [6.45, 7) is 5.83. The molecule has 1 aromatic heterocycles. The molecule has 0 amide bonds. The molecule has 110 valence electrons. The Kier molecular flexibility index (Phi) is 5.14. The predicted octanol–water partition coefficient (Wildman–Crippen LogP) is 3.47. The SMILES string of the molecule is CCN(/C=C/C(=C1\C=CC=N1)c1cccn1B(F)F)CC. The van der Waals surface area contributed by atoms with Crippen molar-refractivity contribution in [1.29, 1.82) is 0 Å². The number of nitrogens with zero attached hydrogens (tertiary/aromatic N) is 3. The molecule has 0 unspecified atom stereocenters. The van der Waals surface area contributed by atoms with E-state index in [0.29, 0.717) is 17.0 Å². The number of halogens is 2. The van der Waals surface area contributed by atoms with E-state index in [1.54, 1.807) is 24.4 Å². The average molecular weight is 289 g/mol. The highest BCUT2D eigenvalue weighted by atomic mass is 19.2. The van der Waals surface area contributed by atoms with Gasteiger partial charge >= 0.3 is 7.40 Å². The van der Waals surface area contributed by atoms with Crippen molar-refractivity contribution in [2.75, 3.05) is 13.1 Å². The van der Waals surface area contributed by atoms with Gasteiger partial charge < -0.3 is 9.38 Å². The van der Waals surface area contributed by atoms with Crippen molar-refractivity contribution in [3.63, 3.8) is 0 Å². The van der Waals surface area contributed by atoms with Crippen LogP contribution in [0.25, 0.3) is 5.57 Å². The van der Waals surface area contributed by atoms with E-state index in [4.69, 9.17) is 0 Å². The van der Waals surface area contributed by atoms with E-state index in [1.807, 2.05) is 18.4 Å². The molecule has 0 saturated carbocycles. The summed E-state index contributed by atoms with van der Waals surface area (Å²) >= 11 is 0. The fourth-order valence-corrected chi connectivity index (χ4v) is 2.17. The number of hydrogen-bond donors (Lipinski definition) is 0. The summed E-state index contributed by atoms with van der Waals surface area (Å²) in [5.41, 5.74) is 1.85. The summed E-state index contributed by atoms with van der Waals surface area (Å²) in [4.78, 5) is 6.33. The monoisotopic (exact) mass is 289 g/mol. The third kappa shape index (κ3) is 3.51. The van der Waals surface area contributed by atoms with Gasteiger partial charge in [-0.1, -0.05) is 0 Å². The normalized spacial score (nSPS) is 16.0. The molecule has 0 spiro atoms. The van der Waals surface area contributed by atoms with Crippen molar-refractivity contribution in [2.24, 2.45) is 4.99 Å². The van der Waals surface area contributed by atoms with E-state index in [2.05, 4.69) is 23.7 Å². The molecule has 1 aromatic rings. The smallest absolute Gasteiger partial charge is 0.378 e. The van der Waals surface area contributed by atoms with Crippen molar-refractivity contribution < 1.29 is 8.63 Å². The van der Waals surface area contributed by atoms with Crippen LogP contribution in [0.15, 0.2) is 53.4 Å². The largest absolute Gasteiger partial charge is 0.677 e. The number of aromatic nitrogens is 1. The molecule has 2 rings (SSSR count). The minimum atomic E-state index is -2.57. The summed E-state index contributed by atoms with van der Waals surface area (Å²) in [5, 5.41) is 0. The van der Waals surface area contributed by atoms with Gasteiger partial charge in [-0.25, -0.2) is 0 Å². The molecule has 1 aliphatic heterocycles. The van der Waals surface area contributed by atoms with Crippen LogP contribution in [0.5, 0.6) is 0 Å². The van der Waals surface area contributed by atoms with Gasteiger partial charge in [0.15, 0.2) is 0 Å². The number of aliphatic imine (C=N–C) groups is 1. The summed E-state index contributed by atoms with van der Waals surface area (Å²) < 4.78 is 27.1. The molecule has 3 nitrogen and oxygen atoms in total. The number of allylic oxidation sites excluding steroid dienone is 4. The molecule has 0 aliphatic carbocycles. The maximum atomic E-state index is 13.1. The first-order chi connectivity index (χ1) is 10.2. The first-order valence-electron chi connectivity index (χ1n) is 7.00. The zero-order chi connectivity index (χ0) is 15.2. The lowest BCUT2D eigenvalue weighted by molar-refractivity contribution is 0.419. The quantitative estimate of drug-likeness (QED) is 0.734. The second kappa shape index (κ2) is 7.06. The van der Waals surface area contributed by atoms with E-state index < -0.39 is 7.40 Å². The van der Waals surface area contributed by atoms with E-state index in [1.165, 1.54) is 6.20 Å². The maximum Gasteiger partial charge on any atom is 0.677 e. The molecular formula is C15H18BF2N3. The van der Waals surface area contributed by atoms with Gasteiger partial charge in [-0.2, -0.15) is 0 Å². The van der Waals surface area contributed by atoms with Crippen LogP contribution in [0.2, 0.25) is 0 Å². The standard InChI is InChI=1S/C15H18BF2N3/c1-3-20(4-2)12-9-13(14-7-5-10-19-14)15-8-6-11-21(15)16(17)18/h5-12H,3-4H2,1-2H3/b12-9+,14-13-. The highest BCUT2D eigenvalue weighted by Gasteiger charge is 2.21. The molecule has 0 saturated heterocycles. The van der Waals surface area contributed by atoms with Crippen molar-refractivity contribution >= 4 is 19.2 Å². The molecule has 0 bridgehead atoms. The van der Waals surface area contributed by atoms with Crippen LogP contribution >= 0.6 is 0 Å². The third-order valence-corrected chi connectivity index (χ3v) is 3.36. The second-order valence-electron chi connectivity index (χ2n) is 4.55. The molecule has 6 heteroatoms. The highest BCUT2D eigenvalue weighted by Crippen LogP contribution is 2.25. The first kappa shape index (κ1) is 15.3. The topological polar surface area (TPSA) is 20.5 Å². The molecule has 1 aliphatic rings. The van der Waals surface area contributed by atoms with Gasteiger partial charge in [0, 0.05) is 30.6 Å². The zero-order valence-corrected chi connectivity index (χ0v) is 12.2. The van der Waals surface area contributed by atoms with Crippen LogP contribution in [0.1, 0.15) is 19.5 Å². The second-order valence-corrected chi connectivity index (χ2v) is 4.55. The first-order valence-corrected chi connectivity index (χ1v) is 7.00. The average Bonchev–Trinajstić information content (AvgIpc) is 3.15. The molecule has 0 atom stereocenters. The van der Waals surface area contributed by atoms with Crippen molar-refractivity contribution in [2.45, 2.75) is 13.8 Å². The van der Waals surface area contributed by atoms with Gasteiger partial charge in [0.1, 0.15) is 0 Å². The maximum absolute atomic E-state index is 13.1. The van der Waals surface area contributed by atoms with Crippen LogP contribution in [-0.4, -0.2) is 36.1 Å². The fourth-order valence-electron chi connectivity index (χ4n) is 2.17. The van der Waals surface area contributed by atoms with E-state index >= 15 is 0 Å². The minimum Gasteiger partial charge on any atom is -0.378 e. The highest BCUT2D eigenvalue weighted by molar-refractivity contribution is 6.41. The van der Waals surface area contributed by atoms with E-state index in [9.17, 15) is 8.63 Å². The van der Waals surface area contributed by atoms with Gasteiger partial charge in [0.2, 0.25) is 0 Å². The van der Waals surface area contributed by atoms with E-state index in [0.717, 1.165) is 17.6 Å². The third-order valence-electron chi connectivity index (χ3n) is 3.36.